The molecule has 23 heavy (non-hydrogen) atoms. The molecule has 7 nitrogen and oxygen atoms in total. The number of amides is 1. The van der Waals surface area contributed by atoms with E-state index in [0.29, 0.717) is 17.3 Å². The molecule has 7 heteroatoms. The van der Waals surface area contributed by atoms with Crippen LogP contribution in [0.25, 0.3) is 5.82 Å². The van der Waals surface area contributed by atoms with Gasteiger partial charge in [0.15, 0.2) is 0 Å². The van der Waals surface area contributed by atoms with Gasteiger partial charge in [-0.2, -0.15) is 9.67 Å². The average molecular weight is 306 g/mol. The molecule has 1 amide bonds. The highest BCUT2D eigenvalue weighted by molar-refractivity contribution is 6.06. The van der Waals surface area contributed by atoms with Gasteiger partial charge in [0.2, 0.25) is 11.5 Å². The van der Waals surface area contributed by atoms with Crippen molar-refractivity contribution in [2.45, 2.75) is 18.8 Å². The first kappa shape index (κ1) is 12.7. The topological polar surface area (TPSA) is 69.3 Å². The number of nitrogens with zero attached hydrogens (tertiary/aromatic N) is 6. The van der Waals surface area contributed by atoms with E-state index in [1.165, 1.54) is 0 Å². The maximum atomic E-state index is 12.7. The summed E-state index contributed by atoms with van der Waals surface area (Å²) in [5, 5.41) is 8.23. The van der Waals surface area contributed by atoms with Crippen LogP contribution in [0.3, 0.4) is 0 Å². The third-order valence-electron chi connectivity index (χ3n) is 4.51. The highest BCUT2D eigenvalue weighted by atomic mass is 16.2. The Morgan fingerprint density at radius 1 is 1.26 bits per heavy atom. The van der Waals surface area contributed by atoms with Crippen LogP contribution in [0.4, 0.5) is 5.69 Å². The molecule has 1 fully saturated rings. The minimum Gasteiger partial charge on any atom is -0.268 e. The van der Waals surface area contributed by atoms with Crippen LogP contribution in [-0.2, 0) is 0 Å². The van der Waals surface area contributed by atoms with Gasteiger partial charge in [-0.15, -0.1) is 5.10 Å². The van der Waals surface area contributed by atoms with Crippen molar-refractivity contribution in [3.8, 4) is 0 Å². The maximum absolute atomic E-state index is 12.7. The lowest BCUT2D eigenvalue weighted by Crippen LogP contribution is -2.41. The molecule has 1 saturated carbocycles. The summed E-state index contributed by atoms with van der Waals surface area (Å²) < 4.78 is 1.77. The second-order valence-corrected chi connectivity index (χ2v) is 5.99. The smallest absolute Gasteiger partial charge is 0.268 e. The van der Waals surface area contributed by atoms with E-state index in [9.17, 15) is 4.79 Å². The van der Waals surface area contributed by atoms with Crippen LogP contribution < -0.4 is 4.90 Å². The van der Waals surface area contributed by atoms with Gasteiger partial charge in [0.1, 0.15) is 5.56 Å². The number of para-hydroxylation sites is 1. The quantitative estimate of drug-likeness (QED) is 0.795. The molecule has 5 rings (SSSR count). The largest absolute Gasteiger partial charge is 0.318 e. The summed E-state index contributed by atoms with van der Waals surface area (Å²) in [7, 11) is 1.77. The minimum atomic E-state index is -0.0389. The number of fused-ring (bicyclic) bond motifs is 3. The fourth-order valence-electron chi connectivity index (χ4n) is 3.18. The van der Waals surface area contributed by atoms with Crippen molar-refractivity contribution in [3.05, 3.63) is 47.5 Å². The predicted molar refractivity (Wildman–Crippen MR) is 84.0 cm³/mol. The van der Waals surface area contributed by atoms with E-state index in [-0.39, 0.29) is 5.91 Å². The van der Waals surface area contributed by atoms with E-state index < -0.39 is 0 Å². The highest BCUT2D eigenvalue weighted by Gasteiger charge is 2.47. The van der Waals surface area contributed by atoms with Crippen molar-refractivity contribution >= 4 is 23.8 Å². The fraction of sp³-hybridized carbons (Fsp3) is 0.250. The Bertz CT molecular complexity index is 891. The normalized spacial score (nSPS) is 20.2. The molecule has 1 aromatic carbocycles. The van der Waals surface area contributed by atoms with Crippen LogP contribution in [0.1, 0.15) is 34.8 Å². The van der Waals surface area contributed by atoms with Crippen LogP contribution in [0, 0.1) is 0 Å². The van der Waals surface area contributed by atoms with Crippen molar-refractivity contribution in [3.63, 3.8) is 0 Å². The number of carbonyl (C=O) groups excluding carboxylic acids is 1. The molecule has 0 unspecified atom stereocenters. The molecule has 3 aliphatic rings. The number of aromatic nitrogens is 3. The molecule has 1 aromatic heterocycles. The summed E-state index contributed by atoms with van der Waals surface area (Å²) in [6.07, 6.45) is 5.84. The van der Waals surface area contributed by atoms with Gasteiger partial charge in [0.25, 0.3) is 12.2 Å². The van der Waals surface area contributed by atoms with Crippen LogP contribution in [-0.4, -0.2) is 39.2 Å². The first-order valence-electron chi connectivity index (χ1n) is 7.61. The molecule has 3 heterocycles. The van der Waals surface area contributed by atoms with E-state index in [4.69, 9.17) is 0 Å². The number of anilines is 1. The minimum absolute atomic E-state index is 0.0389. The van der Waals surface area contributed by atoms with Gasteiger partial charge in [-0.25, -0.2) is 0 Å². The van der Waals surface area contributed by atoms with E-state index in [1.807, 2.05) is 29.2 Å². The Kier molecular flexibility index (Phi) is 2.41. The second kappa shape index (κ2) is 4.36. The standard InChI is InChI=1S/C16H14N6O/c1-20-15-14(22-13(8-18-19-22)10-6-7-10)17-9-21(15)12-5-3-2-4-11(12)16(20)23/h2-5,8-10H,6-7H2,1H3/q+1. The van der Waals surface area contributed by atoms with Crippen molar-refractivity contribution in [2.24, 2.45) is 4.99 Å². The van der Waals surface area contributed by atoms with Crippen LogP contribution in [0.2, 0.25) is 0 Å². The Morgan fingerprint density at radius 3 is 2.91 bits per heavy atom. The van der Waals surface area contributed by atoms with Crippen molar-refractivity contribution < 1.29 is 4.79 Å². The van der Waals surface area contributed by atoms with Gasteiger partial charge in [-0.05, 0) is 23.8 Å². The molecular formula is C16H14N6O+. The average Bonchev–Trinajstić information content (AvgIpc) is 3.14. The summed E-state index contributed by atoms with van der Waals surface area (Å²) in [6, 6.07) is 7.56. The lowest BCUT2D eigenvalue weighted by Gasteiger charge is -2.23. The number of benzene rings is 1. The SMILES string of the molecule is CN1C(=O)c2ccccc2[N+]2C=NC(n3nncc3C3CC3)=C12. The van der Waals surface area contributed by atoms with Gasteiger partial charge in [-0.1, -0.05) is 17.3 Å². The molecule has 2 aromatic rings. The molecule has 1 radical (unpaired) electrons. The highest BCUT2D eigenvalue weighted by Crippen LogP contribution is 2.42. The van der Waals surface area contributed by atoms with Crippen molar-refractivity contribution in [2.75, 3.05) is 7.05 Å². The number of rotatable bonds is 2. The summed E-state index contributed by atoms with van der Waals surface area (Å²) in [5.41, 5.74) is 2.58. The molecule has 0 N–H and O–H groups in total. The maximum Gasteiger partial charge on any atom is 0.318 e. The van der Waals surface area contributed by atoms with E-state index in [1.54, 1.807) is 29.2 Å². The van der Waals surface area contributed by atoms with Crippen LogP contribution >= 0.6 is 0 Å². The van der Waals surface area contributed by atoms with Gasteiger partial charge < -0.3 is 0 Å². The third kappa shape index (κ3) is 1.68. The zero-order valence-corrected chi connectivity index (χ0v) is 12.5. The van der Waals surface area contributed by atoms with Crippen molar-refractivity contribution in [1.29, 1.82) is 0 Å². The van der Waals surface area contributed by atoms with Crippen LogP contribution in [0.5, 0.6) is 0 Å². The number of hydrogen-bond acceptors (Lipinski definition) is 5. The second-order valence-electron chi connectivity index (χ2n) is 5.99. The lowest BCUT2D eigenvalue weighted by molar-refractivity contribution is 0.0815. The monoisotopic (exact) mass is 306 g/mol. The fourth-order valence-corrected chi connectivity index (χ4v) is 3.18. The summed E-state index contributed by atoms with van der Waals surface area (Å²) in [6.45, 7) is 0. The summed E-state index contributed by atoms with van der Waals surface area (Å²) in [5.74, 6) is 1.83. The van der Waals surface area contributed by atoms with Gasteiger partial charge in [0, 0.05) is 19.0 Å². The molecule has 0 atom stereocenters. The van der Waals surface area contributed by atoms with Gasteiger partial charge in [-0.3, -0.25) is 9.69 Å². The molecular weight excluding hydrogens is 292 g/mol. The Labute approximate surface area is 132 Å². The molecule has 113 valence electrons. The van der Waals surface area contributed by atoms with E-state index in [2.05, 4.69) is 15.3 Å². The zero-order valence-electron chi connectivity index (χ0n) is 12.5. The number of carbonyl (C=O) groups is 1. The van der Waals surface area contributed by atoms with E-state index >= 15 is 0 Å². The molecule has 2 aliphatic heterocycles. The molecule has 0 spiro atoms. The van der Waals surface area contributed by atoms with Gasteiger partial charge in [0.05, 0.1) is 11.9 Å². The lowest BCUT2D eigenvalue weighted by atomic mass is 10.1. The Balaban J connectivity index is 1.71. The predicted octanol–water partition coefficient (Wildman–Crippen LogP) is 1.84. The molecule has 1 aliphatic carbocycles. The molecule has 0 bridgehead atoms. The zero-order chi connectivity index (χ0) is 15.6. The number of hydrogen-bond donors (Lipinski definition) is 0. The number of aliphatic imine (C=N–C) groups is 1. The third-order valence-corrected chi connectivity index (χ3v) is 4.51. The Hall–Kier alpha value is -2.80. The summed E-state index contributed by atoms with van der Waals surface area (Å²) >= 11 is 0. The summed E-state index contributed by atoms with van der Waals surface area (Å²) in [4.78, 5) is 20.8. The first-order valence-corrected chi connectivity index (χ1v) is 7.61. The first-order chi connectivity index (χ1) is 11.3. The van der Waals surface area contributed by atoms with Gasteiger partial charge >= 0.3 is 5.82 Å². The van der Waals surface area contributed by atoms with Crippen molar-refractivity contribution in [1.82, 2.24) is 24.8 Å². The van der Waals surface area contributed by atoms with E-state index in [0.717, 1.165) is 30.0 Å². The molecule has 0 saturated heterocycles. The van der Waals surface area contributed by atoms with Crippen LogP contribution in [0.15, 0.2) is 41.3 Å². The Morgan fingerprint density at radius 2 is 2.09 bits per heavy atom.